The molecule has 1 fully saturated rings. The van der Waals surface area contributed by atoms with Crippen molar-refractivity contribution in [1.82, 2.24) is 5.32 Å². The fourth-order valence-electron chi connectivity index (χ4n) is 1.66. The van der Waals surface area contributed by atoms with Gasteiger partial charge in [0.15, 0.2) is 0 Å². The van der Waals surface area contributed by atoms with Gasteiger partial charge in [0.05, 0.1) is 11.7 Å². The lowest BCUT2D eigenvalue weighted by atomic mass is 9.89. The Kier molecular flexibility index (Phi) is 3.16. The van der Waals surface area contributed by atoms with Gasteiger partial charge in [-0.2, -0.15) is 0 Å². The van der Waals surface area contributed by atoms with E-state index >= 15 is 0 Å². The van der Waals surface area contributed by atoms with Crippen LogP contribution in [0.1, 0.15) is 23.2 Å². The maximum atomic E-state index is 11.8. The van der Waals surface area contributed by atoms with Crippen LogP contribution in [-0.4, -0.2) is 28.3 Å². The third-order valence-electron chi connectivity index (χ3n) is 2.65. The molecule has 0 spiro atoms. The van der Waals surface area contributed by atoms with E-state index in [0.717, 1.165) is 4.47 Å². The molecule has 5 heteroatoms. The average molecular weight is 286 g/mol. The number of aromatic hydroxyl groups is 1. The molecule has 0 aromatic heterocycles. The van der Waals surface area contributed by atoms with Gasteiger partial charge < -0.3 is 15.5 Å². The SMILES string of the molecule is O=C(NC1CC(O)C1)c1cc(Br)ccc1O. The number of aliphatic hydroxyl groups is 1. The minimum absolute atomic E-state index is 0.0147. The highest BCUT2D eigenvalue weighted by molar-refractivity contribution is 9.10. The van der Waals surface area contributed by atoms with Gasteiger partial charge in [-0.3, -0.25) is 4.79 Å². The van der Waals surface area contributed by atoms with Gasteiger partial charge >= 0.3 is 0 Å². The van der Waals surface area contributed by atoms with Crippen molar-refractivity contribution in [2.75, 3.05) is 0 Å². The van der Waals surface area contributed by atoms with Crippen LogP contribution >= 0.6 is 15.9 Å². The van der Waals surface area contributed by atoms with Gasteiger partial charge in [-0.25, -0.2) is 0 Å². The summed E-state index contributed by atoms with van der Waals surface area (Å²) < 4.78 is 0.740. The third kappa shape index (κ3) is 2.36. The van der Waals surface area contributed by atoms with E-state index in [0.29, 0.717) is 12.8 Å². The Bertz CT molecular complexity index is 416. The van der Waals surface area contributed by atoms with Gasteiger partial charge in [-0.05, 0) is 31.0 Å². The van der Waals surface area contributed by atoms with Crippen molar-refractivity contribution in [3.63, 3.8) is 0 Å². The van der Waals surface area contributed by atoms with Crippen LogP contribution in [0.4, 0.5) is 0 Å². The van der Waals surface area contributed by atoms with E-state index in [-0.39, 0.29) is 29.4 Å². The Morgan fingerprint density at radius 1 is 1.44 bits per heavy atom. The first-order valence-corrected chi connectivity index (χ1v) is 5.83. The van der Waals surface area contributed by atoms with Crippen molar-refractivity contribution in [2.45, 2.75) is 25.0 Å². The van der Waals surface area contributed by atoms with Crippen LogP contribution in [0.2, 0.25) is 0 Å². The lowest BCUT2D eigenvalue weighted by molar-refractivity contribution is 0.0562. The summed E-state index contributed by atoms with van der Waals surface area (Å²) in [7, 11) is 0. The van der Waals surface area contributed by atoms with Gasteiger partial charge in [-0.1, -0.05) is 15.9 Å². The van der Waals surface area contributed by atoms with E-state index in [1.54, 1.807) is 12.1 Å². The quantitative estimate of drug-likeness (QED) is 0.770. The van der Waals surface area contributed by atoms with Crippen LogP contribution in [0, 0.1) is 0 Å². The van der Waals surface area contributed by atoms with Crippen LogP contribution in [-0.2, 0) is 0 Å². The van der Waals surface area contributed by atoms with Crippen molar-refractivity contribution in [1.29, 1.82) is 0 Å². The average Bonchev–Trinajstić information content (AvgIpc) is 2.19. The standard InChI is InChI=1S/C11H12BrNO3/c12-6-1-2-10(15)9(3-6)11(16)13-7-4-8(14)5-7/h1-3,7-8,14-15H,4-5H2,(H,13,16). The summed E-state index contributed by atoms with van der Waals surface area (Å²) in [6.07, 6.45) is 0.863. The monoisotopic (exact) mass is 285 g/mol. The molecule has 0 saturated heterocycles. The topological polar surface area (TPSA) is 69.6 Å². The molecule has 1 aromatic carbocycles. The first kappa shape index (κ1) is 11.4. The summed E-state index contributed by atoms with van der Waals surface area (Å²) in [6.45, 7) is 0. The van der Waals surface area contributed by atoms with E-state index in [4.69, 9.17) is 5.11 Å². The van der Waals surface area contributed by atoms with Crippen molar-refractivity contribution < 1.29 is 15.0 Å². The normalized spacial score (nSPS) is 23.6. The fourth-order valence-corrected chi connectivity index (χ4v) is 2.02. The number of aliphatic hydroxyl groups excluding tert-OH is 1. The zero-order valence-corrected chi connectivity index (χ0v) is 10.1. The zero-order valence-electron chi connectivity index (χ0n) is 8.48. The molecule has 0 aliphatic heterocycles. The van der Waals surface area contributed by atoms with Crippen LogP contribution in [0.5, 0.6) is 5.75 Å². The molecule has 4 nitrogen and oxygen atoms in total. The number of carbonyl (C=O) groups excluding carboxylic acids is 1. The number of nitrogens with one attached hydrogen (secondary N) is 1. The Hall–Kier alpha value is -1.07. The summed E-state index contributed by atoms with van der Waals surface area (Å²) in [4.78, 5) is 11.8. The largest absolute Gasteiger partial charge is 0.507 e. The molecule has 0 radical (unpaired) electrons. The molecule has 0 heterocycles. The van der Waals surface area contributed by atoms with E-state index in [1.165, 1.54) is 6.07 Å². The Morgan fingerprint density at radius 2 is 2.12 bits per heavy atom. The van der Waals surface area contributed by atoms with E-state index in [2.05, 4.69) is 21.2 Å². The zero-order chi connectivity index (χ0) is 11.7. The van der Waals surface area contributed by atoms with E-state index in [1.807, 2.05) is 0 Å². The minimum atomic E-state index is -0.310. The highest BCUT2D eigenvalue weighted by atomic mass is 79.9. The molecule has 0 atom stereocenters. The Labute approximate surface area is 101 Å². The minimum Gasteiger partial charge on any atom is -0.507 e. The summed E-state index contributed by atoms with van der Waals surface area (Å²) in [5.74, 6) is -0.351. The highest BCUT2D eigenvalue weighted by Crippen LogP contribution is 2.24. The second kappa shape index (κ2) is 4.43. The maximum Gasteiger partial charge on any atom is 0.255 e. The second-order valence-corrected chi connectivity index (χ2v) is 4.87. The molecule has 1 aromatic rings. The molecule has 0 unspecified atom stereocenters. The maximum absolute atomic E-state index is 11.8. The van der Waals surface area contributed by atoms with Gasteiger partial charge in [0.25, 0.3) is 5.91 Å². The number of phenols is 1. The Morgan fingerprint density at radius 3 is 2.75 bits per heavy atom. The number of hydrogen-bond acceptors (Lipinski definition) is 3. The highest BCUT2D eigenvalue weighted by Gasteiger charge is 2.29. The van der Waals surface area contributed by atoms with Crippen LogP contribution < -0.4 is 5.32 Å². The van der Waals surface area contributed by atoms with Crippen LogP contribution in [0.3, 0.4) is 0 Å². The number of rotatable bonds is 2. The van der Waals surface area contributed by atoms with Gasteiger partial charge in [0.1, 0.15) is 5.75 Å². The molecule has 2 rings (SSSR count). The number of phenolic OH excluding ortho intramolecular Hbond substituents is 1. The fraction of sp³-hybridized carbons (Fsp3) is 0.364. The second-order valence-electron chi connectivity index (χ2n) is 3.96. The summed E-state index contributed by atoms with van der Waals surface area (Å²) in [5.41, 5.74) is 0.246. The Balaban J connectivity index is 2.05. The lowest BCUT2D eigenvalue weighted by Gasteiger charge is -2.31. The number of benzene rings is 1. The molecule has 86 valence electrons. The molecule has 1 saturated carbocycles. The summed E-state index contributed by atoms with van der Waals surface area (Å²) in [5, 5.41) is 21.4. The molecule has 1 amide bonds. The number of halogens is 1. The number of amides is 1. The van der Waals surface area contributed by atoms with Crippen molar-refractivity contribution in [3.05, 3.63) is 28.2 Å². The van der Waals surface area contributed by atoms with Crippen LogP contribution in [0.25, 0.3) is 0 Å². The predicted octanol–water partition coefficient (Wildman–Crippen LogP) is 1.41. The smallest absolute Gasteiger partial charge is 0.255 e. The lowest BCUT2D eigenvalue weighted by Crippen LogP contribution is -2.46. The van der Waals surface area contributed by atoms with Crippen molar-refractivity contribution in [3.8, 4) is 5.75 Å². The number of carbonyl (C=O) groups is 1. The molecule has 1 aliphatic carbocycles. The first-order chi connectivity index (χ1) is 7.56. The van der Waals surface area contributed by atoms with E-state index in [9.17, 15) is 9.90 Å². The van der Waals surface area contributed by atoms with Gasteiger partial charge in [0.2, 0.25) is 0 Å². The molecule has 1 aliphatic rings. The van der Waals surface area contributed by atoms with Gasteiger partial charge in [0, 0.05) is 10.5 Å². The molecular formula is C11H12BrNO3. The van der Waals surface area contributed by atoms with Crippen molar-refractivity contribution >= 4 is 21.8 Å². The van der Waals surface area contributed by atoms with Crippen molar-refractivity contribution in [2.24, 2.45) is 0 Å². The number of hydrogen-bond donors (Lipinski definition) is 3. The van der Waals surface area contributed by atoms with E-state index < -0.39 is 0 Å². The summed E-state index contributed by atoms with van der Waals surface area (Å²) in [6, 6.07) is 4.72. The summed E-state index contributed by atoms with van der Waals surface area (Å²) >= 11 is 3.24. The molecule has 3 N–H and O–H groups in total. The van der Waals surface area contributed by atoms with Crippen LogP contribution in [0.15, 0.2) is 22.7 Å². The molecule has 0 bridgehead atoms. The molecular weight excluding hydrogens is 274 g/mol. The molecule has 16 heavy (non-hydrogen) atoms. The van der Waals surface area contributed by atoms with Gasteiger partial charge in [-0.15, -0.1) is 0 Å². The predicted molar refractivity (Wildman–Crippen MR) is 62.3 cm³/mol. The third-order valence-corrected chi connectivity index (χ3v) is 3.14. The first-order valence-electron chi connectivity index (χ1n) is 5.03.